The minimum Gasteiger partial charge on any atom is -0.406 e. The van der Waals surface area contributed by atoms with E-state index in [1.54, 1.807) is 0 Å². The monoisotopic (exact) mass is 407 g/mol. The molecule has 0 saturated heterocycles. The van der Waals surface area contributed by atoms with Crippen LogP contribution in [0.4, 0.5) is 23.1 Å². The van der Waals surface area contributed by atoms with Crippen molar-refractivity contribution in [2.24, 2.45) is 0 Å². The zero-order chi connectivity index (χ0) is 19.7. The number of rotatable bonds is 4. The van der Waals surface area contributed by atoms with Crippen molar-refractivity contribution < 1.29 is 22.7 Å². The summed E-state index contributed by atoms with van der Waals surface area (Å²) in [7, 11) is 0. The molecule has 0 unspecified atom stereocenters. The molecule has 4 aromatic rings. The molecule has 2 heterocycles. The number of nitrogens with zero attached hydrogens (tertiary/aromatic N) is 2. The molecular formula is C17H12F3N5O2S. The Bertz CT molecular complexity index is 1120. The standard InChI is InChI=1S/C17H12F3N5O2S/c18-17(19,20)27-9-5-6-12-13(7-9)28-16(24-12)25-15(26)21-8-14-22-10-3-1-2-4-11(10)23-14/h1-7H,8H2,(H,22,23)(H2,21,24,25,26). The fraction of sp³-hybridized carbons (Fsp3) is 0.118. The van der Waals surface area contributed by atoms with Gasteiger partial charge in [0.2, 0.25) is 0 Å². The van der Waals surface area contributed by atoms with Gasteiger partial charge in [0.1, 0.15) is 11.6 Å². The van der Waals surface area contributed by atoms with E-state index in [0.717, 1.165) is 22.4 Å². The molecule has 0 atom stereocenters. The lowest BCUT2D eigenvalue weighted by atomic mass is 10.3. The first kappa shape index (κ1) is 18.0. The molecule has 144 valence electrons. The minimum atomic E-state index is -4.77. The largest absolute Gasteiger partial charge is 0.573 e. The summed E-state index contributed by atoms with van der Waals surface area (Å²) in [6.45, 7) is 0.176. The number of nitrogens with one attached hydrogen (secondary N) is 3. The maximum absolute atomic E-state index is 12.3. The molecule has 0 spiro atoms. The van der Waals surface area contributed by atoms with Gasteiger partial charge >= 0.3 is 12.4 Å². The normalized spacial score (nSPS) is 11.7. The number of ether oxygens (including phenoxy) is 1. The van der Waals surface area contributed by atoms with Crippen LogP contribution in [-0.4, -0.2) is 27.3 Å². The summed E-state index contributed by atoms with van der Waals surface area (Å²) in [4.78, 5) is 23.7. The average molecular weight is 407 g/mol. The number of para-hydroxylation sites is 2. The van der Waals surface area contributed by atoms with Gasteiger partial charge in [0.05, 0.1) is 27.8 Å². The van der Waals surface area contributed by atoms with Crippen molar-refractivity contribution in [1.82, 2.24) is 20.3 Å². The van der Waals surface area contributed by atoms with Crippen molar-refractivity contribution in [3.63, 3.8) is 0 Å². The van der Waals surface area contributed by atoms with E-state index in [-0.39, 0.29) is 17.4 Å². The van der Waals surface area contributed by atoms with Crippen LogP contribution in [0.5, 0.6) is 5.75 Å². The lowest BCUT2D eigenvalue weighted by Crippen LogP contribution is -2.28. The van der Waals surface area contributed by atoms with E-state index < -0.39 is 12.4 Å². The van der Waals surface area contributed by atoms with Gasteiger partial charge < -0.3 is 15.0 Å². The molecular weight excluding hydrogens is 395 g/mol. The van der Waals surface area contributed by atoms with Gasteiger partial charge in [0.15, 0.2) is 5.13 Å². The lowest BCUT2D eigenvalue weighted by Gasteiger charge is -2.07. The molecule has 0 aliphatic rings. The second kappa shape index (κ2) is 7.00. The maximum Gasteiger partial charge on any atom is 0.573 e. The lowest BCUT2D eigenvalue weighted by molar-refractivity contribution is -0.274. The number of aromatic amines is 1. The third-order valence-corrected chi connectivity index (χ3v) is 4.60. The summed E-state index contributed by atoms with van der Waals surface area (Å²) >= 11 is 1.04. The van der Waals surface area contributed by atoms with Crippen LogP contribution in [0.25, 0.3) is 21.3 Å². The Hall–Kier alpha value is -3.34. The van der Waals surface area contributed by atoms with E-state index >= 15 is 0 Å². The van der Waals surface area contributed by atoms with Gasteiger partial charge in [-0.15, -0.1) is 13.2 Å². The molecule has 0 aliphatic heterocycles. The summed E-state index contributed by atoms with van der Waals surface area (Å²) in [5.41, 5.74) is 2.11. The number of hydrogen-bond acceptors (Lipinski definition) is 5. The van der Waals surface area contributed by atoms with Crippen molar-refractivity contribution in [3.8, 4) is 5.75 Å². The van der Waals surface area contributed by atoms with Crippen molar-refractivity contribution in [2.75, 3.05) is 5.32 Å². The molecule has 4 rings (SSSR count). The number of amides is 2. The molecule has 7 nitrogen and oxygen atoms in total. The highest BCUT2D eigenvalue weighted by Crippen LogP contribution is 2.31. The molecule has 0 saturated carbocycles. The van der Waals surface area contributed by atoms with Gasteiger partial charge in [-0.2, -0.15) is 0 Å². The molecule has 0 aliphatic carbocycles. The number of halogens is 3. The second-order valence-electron chi connectivity index (χ2n) is 5.70. The van der Waals surface area contributed by atoms with Crippen molar-refractivity contribution in [2.45, 2.75) is 12.9 Å². The molecule has 0 fully saturated rings. The number of imidazole rings is 1. The fourth-order valence-electron chi connectivity index (χ4n) is 2.55. The van der Waals surface area contributed by atoms with Crippen LogP contribution < -0.4 is 15.4 Å². The Morgan fingerprint density at radius 2 is 1.96 bits per heavy atom. The average Bonchev–Trinajstić information content (AvgIpc) is 3.21. The highest BCUT2D eigenvalue weighted by molar-refractivity contribution is 7.22. The molecule has 11 heteroatoms. The molecule has 28 heavy (non-hydrogen) atoms. The maximum atomic E-state index is 12.3. The quantitative estimate of drug-likeness (QED) is 0.468. The summed E-state index contributed by atoms with van der Waals surface area (Å²) < 4.78 is 41.2. The number of thiazole rings is 1. The third kappa shape index (κ3) is 4.14. The Kier molecular flexibility index (Phi) is 4.51. The molecule has 2 aromatic heterocycles. The third-order valence-electron chi connectivity index (χ3n) is 3.67. The number of benzene rings is 2. The van der Waals surface area contributed by atoms with Crippen molar-refractivity contribution >= 4 is 43.7 Å². The van der Waals surface area contributed by atoms with Crippen LogP contribution in [0.15, 0.2) is 42.5 Å². The Balaban J connectivity index is 1.40. The topological polar surface area (TPSA) is 91.9 Å². The number of hydrogen-bond donors (Lipinski definition) is 3. The first-order valence-corrected chi connectivity index (χ1v) is 8.82. The predicted octanol–water partition coefficient (Wildman–Crippen LogP) is 4.39. The highest BCUT2D eigenvalue weighted by Gasteiger charge is 2.31. The number of urea groups is 1. The SMILES string of the molecule is O=C(NCc1nc2ccccc2[nH]1)Nc1nc2ccc(OC(F)(F)F)cc2s1. The summed E-state index contributed by atoms with van der Waals surface area (Å²) in [5.74, 6) is 0.249. The van der Waals surface area contributed by atoms with E-state index in [2.05, 4.69) is 30.3 Å². The van der Waals surface area contributed by atoms with Crippen LogP contribution in [-0.2, 0) is 6.54 Å². The number of fused-ring (bicyclic) bond motifs is 2. The first-order chi connectivity index (χ1) is 13.4. The zero-order valence-electron chi connectivity index (χ0n) is 14.0. The Morgan fingerprint density at radius 3 is 2.75 bits per heavy atom. The molecule has 2 amide bonds. The number of alkyl halides is 3. The molecule has 0 bridgehead atoms. The molecule has 3 N–H and O–H groups in total. The van der Waals surface area contributed by atoms with Crippen LogP contribution in [0, 0.1) is 0 Å². The van der Waals surface area contributed by atoms with Gasteiger partial charge in [-0.1, -0.05) is 23.5 Å². The molecule has 0 radical (unpaired) electrons. The first-order valence-electron chi connectivity index (χ1n) is 8.00. The number of anilines is 1. The van der Waals surface area contributed by atoms with Crippen LogP contribution >= 0.6 is 11.3 Å². The molecule has 2 aromatic carbocycles. The van der Waals surface area contributed by atoms with Gasteiger partial charge in [-0.25, -0.2) is 14.8 Å². The van der Waals surface area contributed by atoms with Gasteiger partial charge in [-0.05, 0) is 24.3 Å². The zero-order valence-corrected chi connectivity index (χ0v) is 14.8. The predicted molar refractivity (Wildman–Crippen MR) is 98.3 cm³/mol. The number of aromatic nitrogens is 3. The van der Waals surface area contributed by atoms with Crippen LogP contribution in [0.2, 0.25) is 0 Å². The van der Waals surface area contributed by atoms with Crippen molar-refractivity contribution in [1.29, 1.82) is 0 Å². The van der Waals surface area contributed by atoms with E-state index in [4.69, 9.17) is 0 Å². The number of carbonyl (C=O) groups is 1. The van der Waals surface area contributed by atoms with E-state index in [1.165, 1.54) is 18.2 Å². The fourth-order valence-corrected chi connectivity index (χ4v) is 3.44. The minimum absolute atomic E-state index is 0.176. The van der Waals surface area contributed by atoms with Crippen molar-refractivity contribution in [3.05, 3.63) is 48.3 Å². The van der Waals surface area contributed by atoms with Gasteiger partial charge in [0.25, 0.3) is 0 Å². The summed E-state index contributed by atoms with van der Waals surface area (Å²) in [6.07, 6.45) is -4.77. The summed E-state index contributed by atoms with van der Waals surface area (Å²) in [6, 6.07) is 10.8. The van der Waals surface area contributed by atoms with E-state index in [1.807, 2.05) is 24.3 Å². The second-order valence-corrected chi connectivity index (χ2v) is 6.74. The van der Waals surface area contributed by atoms with Gasteiger partial charge in [-0.3, -0.25) is 5.32 Å². The van der Waals surface area contributed by atoms with Crippen LogP contribution in [0.3, 0.4) is 0 Å². The Morgan fingerprint density at radius 1 is 1.14 bits per heavy atom. The number of carbonyl (C=O) groups excluding carboxylic acids is 1. The summed E-state index contributed by atoms with van der Waals surface area (Å²) in [5, 5.41) is 5.45. The van der Waals surface area contributed by atoms with E-state index in [0.29, 0.717) is 16.0 Å². The van der Waals surface area contributed by atoms with Crippen LogP contribution in [0.1, 0.15) is 5.82 Å². The highest BCUT2D eigenvalue weighted by atomic mass is 32.1. The number of H-pyrrole nitrogens is 1. The van der Waals surface area contributed by atoms with Gasteiger partial charge in [0, 0.05) is 6.07 Å². The Labute approximate surface area is 159 Å². The smallest absolute Gasteiger partial charge is 0.406 e. The van der Waals surface area contributed by atoms with E-state index in [9.17, 15) is 18.0 Å².